The van der Waals surface area contributed by atoms with Crippen molar-refractivity contribution in [1.29, 1.82) is 0 Å². The Morgan fingerprint density at radius 3 is 2.54 bits per heavy atom. The summed E-state index contributed by atoms with van der Waals surface area (Å²) in [6.45, 7) is 3.95. The van der Waals surface area contributed by atoms with Crippen LogP contribution in [0.2, 0.25) is 15.1 Å². The van der Waals surface area contributed by atoms with Crippen LogP contribution in [0.25, 0.3) is 0 Å². The van der Waals surface area contributed by atoms with Gasteiger partial charge in [0, 0.05) is 0 Å². The van der Waals surface area contributed by atoms with E-state index in [1.807, 2.05) is 6.07 Å². The molecule has 0 radical (unpaired) electrons. The molecule has 2 aromatic rings. The summed E-state index contributed by atoms with van der Waals surface area (Å²) in [5.74, 6) is 0.310. The quantitative estimate of drug-likeness (QED) is 0.505. The zero-order valence-electron chi connectivity index (χ0n) is 12.6. The molecule has 2 N–H and O–H groups in total. The Bertz CT molecular complexity index is 751. The lowest BCUT2D eigenvalue weighted by Gasteiger charge is -2.13. The summed E-state index contributed by atoms with van der Waals surface area (Å²) in [5.41, 5.74) is 1.10. The van der Waals surface area contributed by atoms with Crippen LogP contribution in [0.15, 0.2) is 49.1 Å². The average Bonchev–Trinajstić information content (AvgIpc) is 2.56. The van der Waals surface area contributed by atoms with Gasteiger partial charge in [0.05, 0.1) is 33.0 Å². The summed E-state index contributed by atoms with van der Waals surface area (Å²) in [6, 6.07) is 10.2. The lowest BCUT2D eigenvalue weighted by Crippen LogP contribution is -2.22. The van der Waals surface area contributed by atoms with Gasteiger partial charge in [-0.25, -0.2) is 0 Å². The average molecular weight is 386 g/mol. The van der Waals surface area contributed by atoms with Crippen molar-refractivity contribution < 1.29 is 9.53 Å². The van der Waals surface area contributed by atoms with Gasteiger partial charge in [0.25, 0.3) is 0 Å². The van der Waals surface area contributed by atoms with E-state index in [-0.39, 0.29) is 12.5 Å². The van der Waals surface area contributed by atoms with Crippen molar-refractivity contribution in [3.8, 4) is 5.75 Å². The Labute approximate surface area is 155 Å². The molecule has 0 heterocycles. The third kappa shape index (κ3) is 5.06. The smallest absolute Gasteiger partial charge is 0.243 e. The fraction of sp³-hybridized carbons (Fsp3) is 0.118. The summed E-state index contributed by atoms with van der Waals surface area (Å²) < 4.78 is 5.49. The van der Waals surface area contributed by atoms with Crippen molar-refractivity contribution in [2.75, 3.05) is 23.8 Å². The molecule has 24 heavy (non-hydrogen) atoms. The molecule has 0 aromatic heterocycles. The lowest BCUT2D eigenvalue weighted by atomic mass is 10.3. The number of carbonyl (C=O) groups excluding carboxylic acids is 1. The highest BCUT2D eigenvalue weighted by atomic mass is 35.5. The summed E-state index contributed by atoms with van der Waals surface area (Å²) >= 11 is 17.9. The number of para-hydroxylation sites is 2. The van der Waals surface area contributed by atoms with Crippen molar-refractivity contribution in [2.24, 2.45) is 0 Å². The molecule has 2 rings (SSSR count). The molecule has 4 nitrogen and oxygen atoms in total. The number of rotatable bonds is 7. The van der Waals surface area contributed by atoms with Gasteiger partial charge in [0.1, 0.15) is 12.4 Å². The van der Waals surface area contributed by atoms with Gasteiger partial charge in [-0.1, -0.05) is 59.6 Å². The van der Waals surface area contributed by atoms with Crippen LogP contribution in [0, 0.1) is 0 Å². The highest BCUT2D eigenvalue weighted by Crippen LogP contribution is 2.32. The van der Waals surface area contributed by atoms with E-state index in [4.69, 9.17) is 39.5 Å². The number of amides is 1. The van der Waals surface area contributed by atoms with Crippen molar-refractivity contribution >= 4 is 52.1 Å². The molecule has 2 aromatic carbocycles. The summed E-state index contributed by atoms with van der Waals surface area (Å²) in [6.07, 6.45) is 1.63. The highest BCUT2D eigenvalue weighted by Gasteiger charge is 2.10. The maximum atomic E-state index is 12.1. The molecule has 0 saturated heterocycles. The van der Waals surface area contributed by atoms with E-state index in [9.17, 15) is 4.79 Å². The summed E-state index contributed by atoms with van der Waals surface area (Å²) in [5, 5.41) is 6.78. The van der Waals surface area contributed by atoms with Gasteiger partial charge in [-0.2, -0.15) is 0 Å². The van der Waals surface area contributed by atoms with Crippen molar-refractivity contribution in [3.63, 3.8) is 0 Å². The van der Waals surface area contributed by atoms with E-state index in [0.29, 0.717) is 38.8 Å². The number of halogens is 3. The molecular formula is C17H15Cl3N2O2. The van der Waals surface area contributed by atoms with E-state index < -0.39 is 0 Å². The maximum Gasteiger partial charge on any atom is 0.243 e. The van der Waals surface area contributed by atoms with Gasteiger partial charge in [-0.05, 0) is 24.3 Å². The molecule has 0 aliphatic carbocycles. The van der Waals surface area contributed by atoms with Crippen LogP contribution >= 0.6 is 34.8 Å². The van der Waals surface area contributed by atoms with Crippen LogP contribution in [-0.2, 0) is 4.79 Å². The van der Waals surface area contributed by atoms with E-state index in [2.05, 4.69) is 17.2 Å². The van der Waals surface area contributed by atoms with Crippen molar-refractivity contribution in [3.05, 3.63) is 64.1 Å². The van der Waals surface area contributed by atoms with Crippen LogP contribution in [0.1, 0.15) is 0 Å². The van der Waals surface area contributed by atoms with Gasteiger partial charge >= 0.3 is 0 Å². The number of ether oxygens (including phenoxy) is 1. The van der Waals surface area contributed by atoms with Crippen LogP contribution in [0.3, 0.4) is 0 Å². The Morgan fingerprint density at radius 1 is 1.08 bits per heavy atom. The first kappa shape index (κ1) is 18.5. The van der Waals surface area contributed by atoms with Crippen LogP contribution < -0.4 is 15.4 Å². The van der Waals surface area contributed by atoms with Gasteiger partial charge in [-0.15, -0.1) is 0 Å². The SMILES string of the molecule is C=CCOc1ccccc1NC(=O)CNc1cc(Cl)c(Cl)cc1Cl. The van der Waals surface area contributed by atoms with E-state index in [1.54, 1.807) is 30.3 Å². The summed E-state index contributed by atoms with van der Waals surface area (Å²) in [4.78, 5) is 12.1. The minimum absolute atomic E-state index is 0.00741. The van der Waals surface area contributed by atoms with Crippen LogP contribution in [-0.4, -0.2) is 19.1 Å². The largest absolute Gasteiger partial charge is 0.487 e. The molecule has 0 spiro atoms. The number of benzene rings is 2. The highest BCUT2D eigenvalue weighted by molar-refractivity contribution is 6.44. The molecule has 7 heteroatoms. The van der Waals surface area contributed by atoms with Gasteiger partial charge in [0.2, 0.25) is 5.91 Å². The topological polar surface area (TPSA) is 50.4 Å². The zero-order chi connectivity index (χ0) is 17.5. The van der Waals surface area contributed by atoms with Crippen LogP contribution in [0.5, 0.6) is 5.75 Å². The minimum atomic E-state index is -0.258. The second-order valence-electron chi connectivity index (χ2n) is 4.74. The fourth-order valence-electron chi connectivity index (χ4n) is 1.87. The molecule has 0 aliphatic rings. The number of nitrogens with one attached hydrogen (secondary N) is 2. The Balaban J connectivity index is 1.99. The third-order valence-corrected chi connectivity index (χ3v) is 4.00. The zero-order valence-corrected chi connectivity index (χ0v) is 14.9. The maximum absolute atomic E-state index is 12.1. The number of hydrogen-bond donors (Lipinski definition) is 2. The predicted molar refractivity (Wildman–Crippen MR) is 101 cm³/mol. The van der Waals surface area contributed by atoms with Gasteiger partial charge in [-0.3, -0.25) is 4.79 Å². The first-order valence-electron chi connectivity index (χ1n) is 7.02. The van der Waals surface area contributed by atoms with Crippen molar-refractivity contribution in [2.45, 2.75) is 0 Å². The normalized spacial score (nSPS) is 10.1. The van der Waals surface area contributed by atoms with Gasteiger partial charge in [0.15, 0.2) is 0 Å². The second-order valence-corrected chi connectivity index (χ2v) is 5.97. The molecule has 0 saturated carbocycles. The molecule has 0 unspecified atom stereocenters. The Hall–Kier alpha value is -1.88. The molecule has 126 valence electrons. The Kier molecular flexibility index (Phi) is 6.79. The molecule has 0 aliphatic heterocycles. The first-order chi connectivity index (χ1) is 11.5. The number of carbonyl (C=O) groups is 1. The van der Waals surface area contributed by atoms with E-state index in [1.165, 1.54) is 6.07 Å². The van der Waals surface area contributed by atoms with E-state index in [0.717, 1.165) is 0 Å². The minimum Gasteiger partial charge on any atom is -0.487 e. The number of hydrogen-bond acceptors (Lipinski definition) is 3. The second kappa shape index (κ2) is 8.83. The number of anilines is 2. The molecular weight excluding hydrogens is 371 g/mol. The third-order valence-electron chi connectivity index (χ3n) is 2.97. The van der Waals surface area contributed by atoms with E-state index >= 15 is 0 Å². The molecule has 0 bridgehead atoms. The Morgan fingerprint density at radius 2 is 1.79 bits per heavy atom. The molecule has 0 atom stereocenters. The standard InChI is InChI=1S/C17H15Cl3N2O2/c1-2-7-24-16-6-4-3-5-14(16)22-17(23)10-21-15-9-12(19)11(18)8-13(15)20/h2-6,8-9,21H,1,7,10H2,(H,22,23). The van der Waals surface area contributed by atoms with Crippen LogP contribution in [0.4, 0.5) is 11.4 Å². The predicted octanol–water partition coefficient (Wildman–Crippen LogP) is 5.26. The molecule has 0 fully saturated rings. The molecule has 1 amide bonds. The fourth-order valence-corrected chi connectivity index (χ4v) is 2.49. The first-order valence-corrected chi connectivity index (χ1v) is 8.15. The monoisotopic (exact) mass is 384 g/mol. The van der Waals surface area contributed by atoms with Gasteiger partial charge < -0.3 is 15.4 Å². The van der Waals surface area contributed by atoms with Crippen molar-refractivity contribution in [1.82, 2.24) is 0 Å². The summed E-state index contributed by atoms with van der Waals surface area (Å²) in [7, 11) is 0. The lowest BCUT2D eigenvalue weighted by molar-refractivity contribution is -0.114.